The maximum Gasteiger partial charge on any atom is 0.255 e. The van der Waals surface area contributed by atoms with Crippen LogP contribution in [0.25, 0.3) is 0 Å². The number of benzene rings is 2. The number of sulfonamides is 1. The zero-order valence-electron chi connectivity index (χ0n) is 13.5. The summed E-state index contributed by atoms with van der Waals surface area (Å²) in [5, 5.41) is 2.85. The van der Waals surface area contributed by atoms with E-state index in [-0.39, 0.29) is 11.7 Å². The van der Waals surface area contributed by atoms with Crippen LogP contribution in [-0.4, -0.2) is 26.6 Å². The van der Waals surface area contributed by atoms with E-state index in [1.165, 1.54) is 4.31 Å². The largest absolute Gasteiger partial charge is 0.322 e. The molecule has 0 bridgehead atoms. The molecule has 126 valence electrons. The second-order valence-electron chi connectivity index (χ2n) is 5.74. The molecule has 0 fully saturated rings. The molecule has 0 atom stereocenters. The first-order valence-corrected chi connectivity index (χ1v) is 9.62. The number of hydrogen-bond acceptors (Lipinski definition) is 3. The van der Waals surface area contributed by atoms with Gasteiger partial charge < -0.3 is 5.32 Å². The summed E-state index contributed by atoms with van der Waals surface area (Å²) in [5.41, 5.74) is 2.86. The number of carbonyl (C=O) groups excluding carboxylic acids is 1. The lowest BCUT2D eigenvalue weighted by Crippen LogP contribution is -2.36. The highest BCUT2D eigenvalue weighted by Crippen LogP contribution is 2.30. The smallest absolute Gasteiger partial charge is 0.255 e. The topological polar surface area (TPSA) is 66.5 Å². The van der Waals surface area contributed by atoms with Crippen LogP contribution in [0.3, 0.4) is 0 Å². The van der Waals surface area contributed by atoms with Crippen LogP contribution in [0.15, 0.2) is 48.5 Å². The first kappa shape index (κ1) is 16.5. The number of rotatable bonds is 4. The fraction of sp³-hybridized carbons (Fsp3) is 0.278. The lowest BCUT2D eigenvalue weighted by molar-refractivity contribution is 0.102. The maximum atomic E-state index is 12.4. The van der Waals surface area contributed by atoms with Crippen molar-refractivity contribution in [3.05, 3.63) is 59.7 Å². The molecule has 0 saturated heterocycles. The van der Waals surface area contributed by atoms with Gasteiger partial charge in [-0.2, -0.15) is 0 Å². The molecule has 0 aliphatic carbocycles. The summed E-state index contributed by atoms with van der Waals surface area (Å²) >= 11 is 0. The lowest BCUT2D eigenvalue weighted by Gasteiger charge is -2.30. The van der Waals surface area contributed by atoms with Crippen LogP contribution in [-0.2, 0) is 16.4 Å². The minimum absolute atomic E-state index is 0.0721. The van der Waals surface area contributed by atoms with E-state index >= 15 is 0 Å². The van der Waals surface area contributed by atoms with E-state index in [1.54, 1.807) is 25.1 Å². The Balaban J connectivity index is 1.87. The zero-order chi connectivity index (χ0) is 17.2. The number of nitrogens with one attached hydrogen (secondary N) is 1. The first-order chi connectivity index (χ1) is 11.5. The molecular weight excluding hydrogens is 324 g/mol. The Morgan fingerprint density at radius 3 is 2.62 bits per heavy atom. The van der Waals surface area contributed by atoms with Gasteiger partial charge in [-0.3, -0.25) is 9.10 Å². The van der Waals surface area contributed by atoms with Gasteiger partial charge in [0.05, 0.1) is 11.4 Å². The van der Waals surface area contributed by atoms with Crippen molar-refractivity contribution in [1.82, 2.24) is 0 Å². The van der Waals surface area contributed by atoms with Gasteiger partial charge in [-0.05, 0) is 55.7 Å². The fourth-order valence-electron chi connectivity index (χ4n) is 2.87. The highest BCUT2D eigenvalue weighted by atomic mass is 32.2. The predicted octanol–water partition coefficient (Wildman–Crippen LogP) is 3.04. The molecule has 2 aromatic carbocycles. The quantitative estimate of drug-likeness (QED) is 0.927. The lowest BCUT2D eigenvalue weighted by atomic mass is 10.0. The molecule has 24 heavy (non-hydrogen) atoms. The van der Waals surface area contributed by atoms with Crippen molar-refractivity contribution in [2.45, 2.75) is 19.8 Å². The van der Waals surface area contributed by atoms with Gasteiger partial charge in [0.15, 0.2) is 0 Å². The van der Waals surface area contributed by atoms with Crippen molar-refractivity contribution in [3.63, 3.8) is 0 Å². The summed E-state index contributed by atoms with van der Waals surface area (Å²) in [6.45, 7) is 2.14. The van der Waals surface area contributed by atoms with E-state index in [4.69, 9.17) is 0 Å². The minimum atomic E-state index is -3.28. The number of nitrogens with zero attached hydrogens (tertiary/aromatic N) is 1. The van der Waals surface area contributed by atoms with Crippen LogP contribution in [0.5, 0.6) is 0 Å². The highest BCUT2D eigenvalue weighted by molar-refractivity contribution is 7.92. The molecule has 0 radical (unpaired) electrons. The normalized spacial score (nSPS) is 14.1. The second-order valence-corrected chi connectivity index (χ2v) is 7.92. The number of carbonyl (C=O) groups is 1. The molecule has 5 nitrogen and oxygen atoms in total. The number of fused-ring (bicyclic) bond motifs is 1. The molecule has 0 saturated carbocycles. The van der Waals surface area contributed by atoms with Crippen molar-refractivity contribution in [2.75, 3.05) is 21.9 Å². The van der Waals surface area contributed by atoms with Crippen molar-refractivity contribution in [3.8, 4) is 0 Å². The molecule has 6 heteroatoms. The molecular formula is C18H20N2O3S. The van der Waals surface area contributed by atoms with E-state index in [9.17, 15) is 13.2 Å². The molecule has 0 aromatic heterocycles. The molecule has 1 aliphatic heterocycles. The molecule has 0 unspecified atom stereocenters. The van der Waals surface area contributed by atoms with Crippen LogP contribution in [0.1, 0.15) is 29.3 Å². The average molecular weight is 344 g/mol. The number of para-hydroxylation sites is 1. The van der Waals surface area contributed by atoms with Gasteiger partial charge in [0.1, 0.15) is 0 Å². The molecule has 1 heterocycles. The monoisotopic (exact) mass is 344 g/mol. The van der Waals surface area contributed by atoms with Gasteiger partial charge in [0.25, 0.3) is 5.91 Å². The van der Waals surface area contributed by atoms with Gasteiger partial charge in [0.2, 0.25) is 10.0 Å². The third-order valence-corrected chi connectivity index (χ3v) is 5.93. The van der Waals surface area contributed by atoms with Crippen molar-refractivity contribution in [2.24, 2.45) is 0 Å². The van der Waals surface area contributed by atoms with Gasteiger partial charge in [-0.25, -0.2) is 8.42 Å². The predicted molar refractivity (Wildman–Crippen MR) is 96.0 cm³/mol. The third kappa shape index (κ3) is 3.28. The van der Waals surface area contributed by atoms with Gasteiger partial charge in [-0.15, -0.1) is 0 Å². The van der Waals surface area contributed by atoms with Crippen molar-refractivity contribution >= 4 is 27.3 Å². The number of anilines is 2. The zero-order valence-corrected chi connectivity index (χ0v) is 14.3. The van der Waals surface area contributed by atoms with Crippen molar-refractivity contribution in [1.29, 1.82) is 0 Å². The summed E-state index contributed by atoms with van der Waals surface area (Å²) in [5.74, 6) is -0.123. The molecule has 0 spiro atoms. The SMILES string of the molecule is CCS(=O)(=O)N1CCCc2cc(C(=O)Nc3ccccc3)ccc21. The second kappa shape index (κ2) is 6.65. The van der Waals surface area contributed by atoms with E-state index in [0.29, 0.717) is 17.8 Å². The Hall–Kier alpha value is -2.34. The first-order valence-electron chi connectivity index (χ1n) is 8.01. The van der Waals surface area contributed by atoms with Crippen LogP contribution in [0.4, 0.5) is 11.4 Å². The van der Waals surface area contributed by atoms with Crippen LogP contribution >= 0.6 is 0 Å². The van der Waals surface area contributed by atoms with Gasteiger partial charge in [-0.1, -0.05) is 18.2 Å². The number of aryl methyl sites for hydroxylation is 1. The van der Waals surface area contributed by atoms with Gasteiger partial charge in [0, 0.05) is 17.8 Å². The fourth-order valence-corrected chi connectivity index (χ4v) is 4.07. The van der Waals surface area contributed by atoms with Crippen LogP contribution in [0, 0.1) is 0 Å². The summed E-state index contributed by atoms with van der Waals surface area (Å²) in [7, 11) is -3.28. The summed E-state index contributed by atoms with van der Waals surface area (Å²) in [6, 6.07) is 14.5. The Kier molecular flexibility index (Phi) is 4.57. The van der Waals surface area contributed by atoms with Crippen LogP contribution in [0.2, 0.25) is 0 Å². The van der Waals surface area contributed by atoms with Crippen molar-refractivity contribution < 1.29 is 13.2 Å². The Morgan fingerprint density at radius 2 is 1.92 bits per heavy atom. The third-order valence-electron chi connectivity index (χ3n) is 4.15. The Bertz CT molecular complexity index is 848. The number of amides is 1. The Labute approximate surface area is 142 Å². The Morgan fingerprint density at radius 1 is 1.17 bits per heavy atom. The molecule has 3 rings (SSSR count). The minimum Gasteiger partial charge on any atom is -0.322 e. The van der Waals surface area contributed by atoms with E-state index in [2.05, 4.69) is 5.32 Å². The number of hydrogen-bond donors (Lipinski definition) is 1. The van der Waals surface area contributed by atoms with Gasteiger partial charge >= 0.3 is 0 Å². The summed E-state index contributed by atoms with van der Waals surface area (Å²) < 4.78 is 25.9. The van der Waals surface area contributed by atoms with E-state index in [1.807, 2.05) is 30.3 Å². The molecule has 1 aliphatic rings. The maximum absolute atomic E-state index is 12.4. The average Bonchev–Trinajstić information content (AvgIpc) is 2.61. The standard InChI is InChI=1S/C18H20N2O3S/c1-2-24(22,23)20-12-6-7-14-13-15(10-11-17(14)20)18(21)19-16-8-4-3-5-9-16/h3-5,8-11,13H,2,6-7,12H2,1H3,(H,19,21). The molecule has 2 aromatic rings. The van der Waals surface area contributed by atoms with Crippen LogP contribution < -0.4 is 9.62 Å². The van der Waals surface area contributed by atoms with E-state index in [0.717, 1.165) is 24.1 Å². The van der Waals surface area contributed by atoms with E-state index < -0.39 is 10.0 Å². The molecule has 1 N–H and O–H groups in total. The highest BCUT2D eigenvalue weighted by Gasteiger charge is 2.26. The molecule has 1 amide bonds. The summed E-state index contributed by atoms with van der Waals surface area (Å²) in [4.78, 5) is 12.4. The summed E-state index contributed by atoms with van der Waals surface area (Å²) in [6.07, 6.45) is 1.54.